The largest absolute Gasteiger partial charge is 0.310 e. The number of anilines is 3. The van der Waals surface area contributed by atoms with Gasteiger partial charge in [0.2, 0.25) is 0 Å². The van der Waals surface area contributed by atoms with Crippen LogP contribution in [-0.2, 0) is 5.41 Å². The van der Waals surface area contributed by atoms with Gasteiger partial charge in [0.25, 0.3) is 0 Å². The zero-order valence-corrected chi connectivity index (χ0v) is 37.5. The Bertz CT molecular complexity index is 3890. The molecule has 1 aromatic heterocycles. The standard InChI is InChI=1S/C65H46N2/c1-65(2)60-27-11-8-23-56(60)58-41-45(33-38-61(58)65)43-30-35-49(36-31-43)66(50-20-14-17-46(40-50)52-25-15-26-54-51-21-7-6-16-44(51)32-37-55(52)54)62-28-12-9-22-53(62)47-34-39-64-59(42-47)57-24-10-13-29-63(57)67(64)48-18-4-3-5-19-48/h3-42H,1-2H3. The first-order chi connectivity index (χ1) is 33.0. The van der Waals surface area contributed by atoms with Crippen molar-refractivity contribution in [3.8, 4) is 50.2 Å². The highest BCUT2D eigenvalue weighted by atomic mass is 15.1. The Kier molecular flexibility index (Phi) is 8.91. The predicted octanol–water partition coefficient (Wildman–Crippen LogP) is 17.9. The van der Waals surface area contributed by atoms with Crippen LogP contribution in [0, 0.1) is 0 Å². The van der Waals surface area contributed by atoms with Crippen molar-refractivity contribution < 1.29 is 0 Å². The third kappa shape index (κ3) is 6.25. The van der Waals surface area contributed by atoms with Crippen LogP contribution in [0.25, 0.3) is 93.5 Å². The molecule has 1 aliphatic carbocycles. The van der Waals surface area contributed by atoms with Crippen molar-refractivity contribution in [1.29, 1.82) is 0 Å². The Morgan fingerprint density at radius 2 is 0.970 bits per heavy atom. The number of rotatable bonds is 7. The van der Waals surface area contributed by atoms with Gasteiger partial charge >= 0.3 is 0 Å². The highest BCUT2D eigenvalue weighted by molar-refractivity contribution is 6.13. The van der Waals surface area contributed by atoms with Crippen LogP contribution in [0.3, 0.4) is 0 Å². The predicted molar refractivity (Wildman–Crippen MR) is 284 cm³/mol. The first-order valence-corrected chi connectivity index (χ1v) is 23.3. The van der Waals surface area contributed by atoms with E-state index in [4.69, 9.17) is 0 Å². The van der Waals surface area contributed by atoms with Crippen molar-refractivity contribution in [3.05, 3.63) is 254 Å². The van der Waals surface area contributed by atoms with E-state index < -0.39 is 0 Å². The van der Waals surface area contributed by atoms with Crippen LogP contribution in [0.4, 0.5) is 17.1 Å². The minimum Gasteiger partial charge on any atom is -0.310 e. The Labute approximate surface area is 391 Å². The lowest BCUT2D eigenvalue weighted by Crippen LogP contribution is -2.14. The number of hydrogen-bond donors (Lipinski definition) is 0. The molecule has 2 heteroatoms. The van der Waals surface area contributed by atoms with Crippen molar-refractivity contribution in [2.45, 2.75) is 19.3 Å². The van der Waals surface area contributed by atoms with Crippen LogP contribution in [0.2, 0.25) is 0 Å². The highest BCUT2D eigenvalue weighted by Gasteiger charge is 2.35. The summed E-state index contributed by atoms with van der Waals surface area (Å²) in [6.07, 6.45) is 0. The molecule has 0 aliphatic heterocycles. The molecular weight excluding hydrogens is 809 g/mol. The molecule has 0 radical (unpaired) electrons. The van der Waals surface area contributed by atoms with Crippen molar-refractivity contribution in [3.63, 3.8) is 0 Å². The second-order valence-corrected chi connectivity index (χ2v) is 18.5. The van der Waals surface area contributed by atoms with E-state index in [1.54, 1.807) is 0 Å². The summed E-state index contributed by atoms with van der Waals surface area (Å²) in [7, 11) is 0. The molecule has 0 saturated carbocycles. The smallest absolute Gasteiger partial charge is 0.0541 e. The van der Waals surface area contributed by atoms with E-state index >= 15 is 0 Å². The fraction of sp³-hybridized carbons (Fsp3) is 0.0462. The van der Waals surface area contributed by atoms with Crippen molar-refractivity contribution in [2.75, 3.05) is 4.90 Å². The van der Waals surface area contributed by atoms with Crippen LogP contribution in [0.15, 0.2) is 243 Å². The van der Waals surface area contributed by atoms with Gasteiger partial charge in [-0.05, 0) is 138 Å². The summed E-state index contributed by atoms with van der Waals surface area (Å²) < 4.78 is 2.39. The topological polar surface area (TPSA) is 8.17 Å². The molecule has 1 aliphatic rings. The number of hydrogen-bond acceptors (Lipinski definition) is 1. The van der Waals surface area contributed by atoms with Gasteiger partial charge in [0.15, 0.2) is 0 Å². The Balaban J connectivity index is 0.973. The molecule has 11 aromatic carbocycles. The Morgan fingerprint density at radius 1 is 0.328 bits per heavy atom. The average molecular weight is 855 g/mol. The van der Waals surface area contributed by atoms with Gasteiger partial charge < -0.3 is 9.47 Å². The number of aromatic nitrogens is 1. The van der Waals surface area contributed by atoms with Gasteiger partial charge in [-0.3, -0.25) is 0 Å². The van der Waals surface area contributed by atoms with Crippen LogP contribution < -0.4 is 4.90 Å². The second kappa shape index (κ2) is 15.3. The van der Waals surface area contributed by atoms with Crippen molar-refractivity contribution >= 4 is 60.4 Å². The van der Waals surface area contributed by atoms with E-state index in [0.29, 0.717) is 0 Å². The zero-order valence-electron chi connectivity index (χ0n) is 37.5. The first-order valence-electron chi connectivity index (χ1n) is 23.3. The van der Waals surface area contributed by atoms with Crippen LogP contribution in [-0.4, -0.2) is 4.57 Å². The van der Waals surface area contributed by atoms with Gasteiger partial charge in [-0.25, -0.2) is 0 Å². The maximum Gasteiger partial charge on any atom is 0.0541 e. The summed E-state index contributed by atoms with van der Waals surface area (Å²) in [6.45, 7) is 4.69. The van der Waals surface area contributed by atoms with Crippen LogP contribution in [0.1, 0.15) is 25.0 Å². The Hall–Kier alpha value is -8.46. The molecule has 12 aromatic rings. The molecule has 0 saturated heterocycles. The van der Waals surface area contributed by atoms with E-state index in [1.165, 1.54) is 93.4 Å². The molecule has 0 fully saturated rings. The van der Waals surface area contributed by atoms with Crippen molar-refractivity contribution in [2.24, 2.45) is 0 Å². The van der Waals surface area contributed by atoms with Gasteiger partial charge in [-0.2, -0.15) is 0 Å². The summed E-state index contributed by atoms with van der Waals surface area (Å²) in [5.74, 6) is 0. The zero-order chi connectivity index (χ0) is 44.6. The summed E-state index contributed by atoms with van der Waals surface area (Å²) in [6, 6.07) is 89.5. The number of para-hydroxylation sites is 3. The van der Waals surface area contributed by atoms with Gasteiger partial charge in [0.1, 0.15) is 0 Å². The molecule has 1 heterocycles. The van der Waals surface area contributed by atoms with E-state index in [1.807, 2.05) is 0 Å². The molecule has 0 unspecified atom stereocenters. The minimum absolute atomic E-state index is 0.0277. The summed E-state index contributed by atoms with van der Waals surface area (Å²) in [4.78, 5) is 2.45. The first kappa shape index (κ1) is 39.0. The van der Waals surface area contributed by atoms with Gasteiger partial charge in [0.05, 0.1) is 16.7 Å². The summed E-state index contributed by atoms with van der Waals surface area (Å²) in [5, 5.41) is 7.51. The fourth-order valence-corrected chi connectivity index (χ4v) is 11.1. The molecule has 0 bridgehead atoms. The van der Waals surface area contributed by atoms with Crippen LogP contribution >= 0.6 is 0 Å². The molecule has 0 N–H and O–H groups in total. The normalized spacial score (nSPS) is 12.7. The molecule has 67 heavy (non-hydrogen) atoms. The molecule has 2 nitrogen and oxygen atoms in total. The minimum atomic E-state index is -0.0277. The maximum atomic E-state index is 2.45. The third-order valence-electron chi connectivity index (χ3n) is 14.4. The molecule has 13 rings (SSSR count). The SMILES string of the molecule is CC1(C)c2ccccc2-c2cc(-c3ccc(N(c4cccc(-c5cccc6c5ccc5ccccc56)c4)c4ccccc4-c4ccc5c(c4)c4ccccc4n5-c4ccccc4)cc3)ccc21. The van der Waals surface area contributed by atoms with Gasteiger partial charge in [0, 0.05) is 38.8 Å². The molecular formula is C65H46N2. The van der Waals surface area contributed by atoms with Gasteiger partial charge in [-0.1, -0.05) is 190 Å². The van der Waals surface area contributed by atoms with E-state index in [2.05, 4.69) is 266 Å². The number of nitrogens with zero attached hydrogens (tertiary/aromatic N) is 2. The van der Waals surface area contributed by atoms with Crippen molar-refractivity contribution in [1.82, 2.24) is 4.57 Å². The second-order valence-electron chi connectivity index (χ2n) is 18.5. The maximum absolute atomic E-state index is 2.45. The van der Waals surface area contributed by atoms with E-state index in [-0.39, 0.29) is 5.41 Å². The third-order valence-corrected chi connectivity index (χ3v) is 14.4. The quantitative estimate of drug-likeness (QED) is 0.145. The Morgan fingerprint density at radius 3 is 1.85 bits per heavy atom. The van der Waals surface area contributed by atoms with Gasteiger partial charge in [-0.15, -0.1) is 0 Å². The van der Waals surface area contributed by atoms with E-state index in [0.717, 1.165) is 28.3 Å². The average Bonchev–Trinajstić information content (AvgIpc) is 3.84. The van der Waals surface area contributed by atoms with Crippen LogP contribution in [0.5, 0.6) is 0 Å². The summed E-state index contributed by atoms with van der Waals surface area (Å²) in [5.41, 5.74) is 19.4. The summed E-state index contributed by atoms with van der Waals surface area (Å²) >= 11 is 0. The molecule has 0 atom stereocenters. The molecule has 0 spiro atoms. The van der Waals surface area contributed by atoms with E-state index in [9.17, 15) is 0 Å². The fourth-order valence-electron chi connectivity index (χ4n) is 11.1. The molecule has 316 valence electrons. The highest BCUT2D eigenvalue weighted by Crippen LogP contribution is 2.50. The monoisotopic (exact) mass is 854 g/mol. The molecule has 0 amide bonds. The number of fused-ring (bicyclic) bond motifs is 9. The number of benzene rings is 11. The lowest BCUT2D eigenvalue weighted by molar-refractivity contribution is 0.660. The lowest BCUT2D eigenvalue weighted by Gasteiger charge is -2.28. The lowest BCUT2D eigenvalue weighted by atomic mass is 9.82.